The summed E-state index contributed by atoms with van der Waals surface area (Å²) in [6.07, 6.45) is 0. The van der Waals surface area contributed by atoms with Crippen molar-refractivity contribution in [3.63, 3.8) is 0 Å². The molecule has 0 spiro atoms. The van der Waals surface area contributed by atoms with Crippen LogP contribution >= 0.6 is 0 Å². The van der Waals surface area contributed by atoms with E-state index in [2.05, 4.69) is 20.2 Å². The molecule has 3 aromatic rings. The molecule has 0 aliphatic rings. The van der Waals surface area contributed by atoms with Gasteiger partial charge in [-0.2, -0.15) is 5.10 Å². The van der Waals surface area contributed by atoms with Crippen molar-refractivity contribution in [3.05, 3.63) is 30.3 Å². The summed E-state index contributed by atoms with van der Waals surface area (Å²) in [7, 11) is 0. The first kappa shape index (κ1) is 9.59. The van der Waals surface area contributed by atoms with Crippen LogP contribution in [0.2, 0.25) is 0 Å². The standard InChI is InChI=1S/C11H10N6/c12-8-7-9(13)16-17-11(7)15-10(14-8)6-4-2-1-3-5-6/h1-5H,(H5,12,13,14,15,16,17). The molecule has 0 fully saturated rings. The van der Waals surface area contributed by atoms with Crippen molar-refractivity contribution >= 4 is 22.7 Å². The number of fused-ring (bicyclic) bond motifs is 1. The Kier molecular flexibility index (Phi) is 1.94. The second kappa shape index (κ2) is 3.44. The first-order valence-corrected chi connectivity index (χ1v) is 5.08. The van der Waals surface area contributed by atoms with Crippen LogP contribution in [0.4, 0.5) is 11.6 Å². The minimum atomic E-state index is 0.333. The van der Waals surface area contributed by atoms with Gasteiger partial charge in [-0.15, -0.1) is 0 Å². The summed E-state index contributed by atoms with van der Waals surface area (Å²) in [6.45, 7) is 0. The van der Waals surface area contributed by atoms with E-state index in [-0.39, 0.29) is 0 Å². The van der Waals surface area contributed by atoms with Gasteiger partial charge in [0.2, 0.25) is 0 Å². The van der Waals surface area contributed by atoms with E-state index < -0.39 is 0 Å². The number of H-pyrrole nitrogens is 1. The smallest absolute Gasteiger partial charge is 0.188 e. The Hall–Kier alpha value is -2.63. The molecule has 6 heteroatoms. The quantitative estimate of drug-likeness (QED) is 0.577. The lowest BCUT2D eigenvalue weighted by Gasteiger charge is -2.01. The van der Waals surface area contributed by atoms with E-state index in [1.165, 1.54) is 0 Å². The zero-order valence-corrected chi connectivity index (χ0v) is 8.88. The largest absolute Gasteiger partial charge is 0.383 e. The number of nitrogen functional groups attached to an aromatic ring is 2. The van der Waals surface area contributed by atoms with Gasteiger partial charge in [0.15, 0.2) is 11.5 Å². The Morgan fingerprint density at radius 1 is 1.00 bits per heavy atom. The number of nitrogens with two attached hydrogens (primary N) is 2. The summed E-state index contributed by atoms with van der Waals surface area (Å²) in [5.41, 5.74) is 12.9. The SMILES string of the molecule is Nc1nc(-c2ccccc2)nc2n[nH]c(N)c12. The molecule has 1 aromatic carbocycles. The topological polar surface area (TPSA) is 106 Å². The minimum absolute atomic E-state index is 0.333. The van der Waals surface area contributed by atoms with Gasteiger partial charge < -0.3 is 11.5 Å². The number of rotatable bonds is 1. The van der Waals surface area contributed by atoms with E-state index in [4.69, 9.17) is 11.5 Å². The van der Waals surface area contributed by atoms with Crippen LogP contribution in [0, 0.1) is 0 Å². The van der Waals surface area contributed by atoms with Crippen molar-refractivity contribution in [2.75, 3.05) is 11.5 Å². The van der Waals surface area contributed by atoms with Crippen LogP contribution in [0.25, 0.3) is 22.4 Å². The first-order chi connectivity index (χ1) is 8.25. The fraction of sp³-hybridized carbons (Fsp3) is 0. The molecular weight excluding hydrogens is 216 g/mol. The molecule has 84 valence electrons. The van der Waals surface area contributed by atoms with Gasteiger partial charge in [-0.1, -0.05) is 30.3 Å². The van der Waals surface area contributed by atoms with Gasteiger partial charge in [-0.3, -0.25) is 5.10 Å². The van der Waals surface area contributed by atoms with Crippen LogP contribution in [0.5, 0.6) is 0 Å². The fourth-order valence-corrected chi connectivity index (χ4v) is 1.69. The summed E-state index contributed by atoms with van der Waals surface area (Å²) in [6, 6.07) is 9.58. The number of aromatic nitrogens is 4. The summed E-state index contributed by atoms with van der Waals surface area (Å²) in [5.74, 6) is 1.26. The lowest BCUT2D eigenvalue weighted by Crippen LogP contribution is -1.98. The normalized spacial score (nSPS) is 10.8. The molecule has 0 bridgehead atoms. The second-order valence-electron chi connectivity index (χ2n) is 3.63. The van der Waals surface area contributed by atoms with Crippen molar-refractivity contribution < 1.29 is 0 Å². The molecule has 0 radical (unpaired) electrons. The van der Waals surface area contributed by atoms with E-state index in [0.717, 1.165) is 5.56 Å². The van der Waals surface area contributed by atoms with Gasteiger partial charge >= 0.3 is 0 Å². The second-order valence-corrected chi connectivity index (χ2v) is 3.63. The lowest BCUT2D eigenvalue weighted by atomic mass is 10.2. The third-order valence-electron chi connectivity index (χ3n) is 2.50. The zero-order chi connectivity index (χ0) is 11.8. The van der Waals surface area contributed by atoms with Crippen LogP contribution in [-0.4, -0.2) is 20.2 Å². The highest BCUT2D eigenvalue weighted by Crippen LogP contribution is 2.24. The van der Waals surface area contributed by atoms with Crippen LogP contribution < -0.4 is 11.5 Å². The van der Waals surface area contributed by atoms with E-state index in [1.807, 2.05) is 30.3 Å². The molecule has 3 rings (SSSR count). The molecule has 2 aromatic heterocycles. The first-order valence-electron chi connectivity index (χ1n) is 5.08. The Labute approximate surface area is 96.7 Å². The predicted octanol–water partition coefficient (Wildman–Crippen LogP) is 1.18. The number of nitrogens with one attached hydrogen (secondary N) is 1. The van der Waals surface area contributed by atoms with E-state index in [1.54, 1.807) is 0 Å². The molecule has 6 nitrogen and oxygen atoms in total. The molecule has 17 heavy (non-hydrogen) atoms. The number of aromatic amines is 1. The Balaban J connectivity index is 2.26. The molecule has 2 heterocycles. The number of benzene rings is 1. The molecule has 0 atom stereocenters. The van der Waals surface area contributed by atoms with Crippen molar-refractivity contribution in [1.29, 1.82) is 0 Å². The van der Waals surface area contributed by atoms with Gasteiger partial charge in [0.25, 0.3) is 0 Å². The van der Waals surface area contributed by atoms with Crippen LogP contribution in [0.1, 0.15) is 0 Å². The summed E-state index contributed by atoms with van der Waals surface area (Å²) < 4.78 is 0. The van der Waals surface area contributed by atoms with Gasteiger partial charge in [-0.05, 0) is 0 Å². The van der Waals surface area contributed by atoms with Gasteiger partial charge in [0.1, 0.15) is 17.0 Å². The minimum Gasteiger partial charge on any atom is -0.383 e. The maximum Gasteiger partial charge on any atom is 0.188 e. The van der Waals surface area contributed by atoms with Crippen molar-refractivity contribution in [3.8, 4) is 11.4 Å². The van der Waals surface area contributed by atoms with Crippen molar-refractivity contribution in [2.45, 2.75) is 0 Å². The number of hydrogen-bond donors (Lipinski definition) is 3. The monoisotopic (exact) mass is 226 g/mol. The Bertz CT molecular complexity index is 673. The molecule has 0 amide bonds. The Morgan fingerprint density at radius 2 is 1.76 bits per heavy atom. The maximum atomic E-state index is 5.85. The third-order valence-corrected chi connectivity index (χ3v) is 2.50. The molecule has 5 N–H and O–H groups in total. The van der Waals surface area contributed by atoms with Crippen LogP contribution in [0.15, 0.2) is 30.3 Å². The van der Waals surface area contributed by atoms with E-state index >= 15 is 0 Å². The van der Waals surface area contributed by atoms with Crippen LogP contribution in [0.3, 0.4) is 0 Å². The highest BCUT2D eigenvalue weighted by atomic mass is 15.2. The average molecular weight is 226 g/mol. The predicted molar refractivity (Wildman–Crippen MR) is 65.9 cm³/mol. The van der Waals surface area contributed by atoms with Gasteiger partial charge in [0, 0.05) is 5.56 Å². The van der Waals surface area contributed by atoms with Crippen molar-refractivity contribution in [1.82, 2.24) is 20.2 Å². The average Bonchev–Trinajstić information content (AvgIpc) is 2.73. The fourth-order valence-electron chi connectivity index (χ4n) is 1.69. The molecule has 0 aliphatic carbocycles. The molecule has 0 unspecified atom stereocenters. The zero-order valence-electron chi connectivity index (χ0n) is 8.88. The summed E-state index contributed by atoms with van der Waals surface area (Å²) in [5, 5.41) is 7.20. The highest BCUT2D eigenvalue weighted by molar-refractivity contribution is 5.95. The third kappa shape index (κ3) is 1.46. The molecular formula is C11H10N6. The number of hydrogen-bond acceptors (Lipinski definition) is 5. The van der Waals surface area contributed by atoms with Gasteiger partial charge in [0.05, 0.1) is 0 Å². The molecule has 0 aliphatic heterocycles. The summed E-state index contributed by atoms with van der Waals surface area (Å²) >= 11 is 0. The summed E-state index contributed by atoms with van der Waals surface area (Å²) in [4.78, 5) is 8.54. The van der Waals surface area contributed by atoms with E-state index in [9.17, 15) is 0 Å². The lowest BCUT2D eigenvalue weighted by molar-refractivity contribution is 1.10. The highest BCUT2D eigenvalue weighted by Gasteiger charge is 2.11. The van der Waals surface area contributed by atoms with E-state index in [0.29, 0.717) is 28.5 Å². The Morgan fingerprint density at radius 3 is 2.53 bits per heavy atom. The molecule has 0 saturated heterocycles. The van der Waals surface area contributed by atoms with Crippen molar-refractivity contribution in [2.24, 2.45) is 0 Å². The maximum absolute atomic E-state index is 5.85. The number of nitrogens with zero attached hydrogens (tertiary/aromatic N) is 3. The number of anilines is 2. The molecule has 0 saturated carbocycles. The van der Waals surface area contributed by atoms with Crippen LogP contribution in [-0.2, 0) is 0 Å². The van der Waals surface area contributed by atoms with Gasteiger partial charge in [-0.25, -0.2) is 9.97 Å².